The Hall–Kier alpha value is -1.65. The number of anilines is 1. The Balaban J connectivity index is 1.47. The summed E-state index contributed by atoms with van der Waals surface area (Å²) >= 11 is 0. The minimum atomic E-state index is 0.555. The van der Waals surface area contributed by atoms with Gasteiger partial charge in [0.1, 0.15) is 0 Å². The van der Waals surface area contributed by atoms with Gasteiger partial charge in [-0.25, -0.2) is 0 Å². The number of hydrogen-bond acceptors (Lipinski definition) is 4. The highest BCUT2D eigenvalue weighted by Gasteiger charge is 2.27. The zero-order valence-electron chi connectivity index (χ0n) is 13.7. The number of hydrogen-bond donors (Lipinski definition) is 2. The molecule has 2 fully saturated rings. The number of benzene rings is 1. The third-order valence-corrected chi connectivity index (χ3v) is 5.54. The molecule has 0 spiro atoms. The molecule has 2 aromatic rings. The molecule has 0 atom stereocenters. The van der Waals surface area contributed by atoms with E-state index in [4.69, 9.17) is 10.7 Å². The summed E-state index contributed by atoms with van der Waals surface area (Å²) in [6.45, 7) is 4.74. The minimum Gasteiger partial charge on any atom is -0.398 e. The molecule has 2 aliphatic heterocycles. The quantitative estimate of drug-likeness (QED) is 0.895. The summed E-state index contributed by atoms with van der Waals surface area (Å²) in [5.74, 6) is 0.555. The Morgan fingerprint density at radius 1 is 1.04 bits per heavy atom. The van der Waals surface area contributed by atoms with Gasteiger partial charge in [0.15, 0.2) is 0 Å². The number of aromatic nitrogens is 1. The maximum absolute atomic E-state index is 6.25. The van der Waals surface area contributed by atoms with E-state index in [1.807, 2.05) is 12.1 Å². The van der Waals surface area contributed by atoms with Crippen LogP contribution in [0.2, 0.25) is 0 Å². The Morgan fingerprint density at radius 3 is 2.57 bits per heavy atom. The minimum absolute atomic E-state index is 0.555. The molecule has 0 unspecified atom stereocenters. The van der Waals surface area contributed by atoms with Crippen LogP contribution in [-0.2, 0) is 0 Å². The predicted molar refractivity (Wildman–Crippen MR) is 95.6 cm³/mol. The molecule has 0 bridgehead atoms. The number of fused-ring (bicyclic) bond motifs is 1. The topological polar surface area (TPSA) is 54.2 Å². The van der Waals surface area contributed by atoms with Crippen LogP contribution in [0.25, 0.3) is 10.9 Å². The first kappa shape index (κ1) is 14.9. The largest absolute Gasteiger partial charge is 0.398 e. The van der Waals surface area contributed by atoms with Gasteiger partial charge in [0.25, 0.3) is 0 Å². The molecular formula is C19H26N4. The van der Waals surface area contributed by atoms with Crippen LogP contribution < -0.4 is 11.1 Å². The van der Waals surface area contributed by atoms with Gasteiger partial charge < -0.3 is 16.0 Å². The number of nitrogens with zero attached hydrogens (tertiary/aromatic N) is 2. The lowest BCUT2D eigenvalue weighted by atomic mass is 9.90. The van der Waals surface area contributed by atoms with Crippen LogP contribution in [0.4, 0.5) is 5.69 Å². The van der Waals surface area contributed by atoms with Gasteiger partial charge in [0, 0.05) is 28.7 Å². The van der Waals surface area contributed by atoms with Crippen LogP contribution in [0, 0.1) is 0 Å². The monoisotopic (exact) mass is 310 g/mol. The maximum atomic E-state index is 6.25. The first-order chi connectivity index (χ1) is 11.3. The molecule has 0 aliphatic carbocycles. The van der Waals surface area contributed by atoms with Crippen molar-refractivity contribution >= 4 is 16.6 Å². The van der Waals surface area contributed by atoms with Gasteiger partial charge in [0.05, 0.1) is 5.52 Å². The smallest absolute Gasteiger partial charge is 0.0726 e. The number of nitrogen functional groups attached to an aromatic ring is 1. The van der Waals surface area contributed by atoms with Crippen molar-refractivity contribution in [3.8, 4) is 0 Å². The van der Waals surface area contributed by atoms with Crippen LogP contribution in [0.1, 0.15) is 37.3 Å². The van der Waals surface area contributed by atoms with Crippen LogP contribution in [0.3, 0.4) is 0 Å². The lowest BCUT2D eigenvalue weighted by Crippen LogP contribution is -2.46. The third-order valence-electron chi connectivity index (χ3n) is 5.54. The van der Waals surface area contributed by atoms with Crippen LogP contribution in [0.15, 0.2) is 30.3 Å². The van der Waals surface area contributed by atoms with Gasteiger partial charge in [-0.1, -0.05) is 18.2 Å². The van der Waals surface area contributed by atoms with Gasteiger partial charge in [-0.05, 0) is 64.0 Å². The molecule has 0 radical (unpaired) electrons. The standard InChI is InChI=1S/C19H26N4/c20-17-13-19(22-18-4-2-1-3-16(17)18)14-7-11-23(12-8-14)15-5-9-21-10-6-15/h1-4,13-15,21H,5-12H2,(H2,20,22). The number of pyridine rings is 1. The summed E-state index contributed by atoms with van der Waals surface area (Å²) in [5, 5.41) is 4.53. The van der Waals surface area contributed by atoms with Gasteiger partial charge in [-0.2, -0.15) is 0 Å². The van der Waals surface area contributed by atoms with Crippen molar-refractivity contribution in [2.45, 2.75) is 37.6 Å². The Bertz CT molecular complexity index is 670. The van der Waals surface area contributed by atoms with Crippen molar-refractivity contribution in [1.29, 1.82) is 0 Å². The summed E-state index contributed by atoms with van der Waals surface area (Å²) < 4.78 is 0. The lowest BCUT2D eigenvalue weighted by molar-refractivity contribution is 0.126. The Kier molecular flexibility index (Phi) is 4.19. The Labute approximate surface area is 138 Å². The first-order valence-electron chi connectivity index (χ1n) is 8.91. The second kappa shape index (κ2) is 6.46. The highest BCUT2D eigenvalue weighted by molar-refractivity contribution is 5.90. The van der Waals surface area contributed by atoms with E-state index in [9.17, 15) is 0 Å². The molecule has 1 aromatic heterocycles. The molecule has 0 amide bonds. The molecule has 0 saturated carbocycles. The number of para-hydroxylation sites is 1. The van der Waals surface area contributed by atoms with E-state index in [-0.39, 0.29) is 0 Å². The molecule has 23 heavy (non-hydrogen) atoms. The predicted octanol–water partition coefficient (Wildman–Crippen LogP) is 2.75. The summed E-state index contributed by atoms with van der Waals surface area (Å²) in [4.78, 5) is 7.58. The van der Waals surface area contributed by atoms with Crippen molar-refractivity contribution < 1.29 is 0 Å². The van der Waals surface area contributed by atoms with Crippen molar-refractivity contribution in [2.24, 2.45) is 0 Å². The second-order valence-electron chi connectivity index (χ2n) is 6.94. The number of piperidine rings is 2. The van der Waals surface area contributed by atoms with E-state index < -0.39 is 0 Å². The van der Waals surface area contributed by atoms with Crippen LogP contribution in [0.5, 0.6) is 0 Å². The molecule has 1 aromatic carbocycles. The van der Waals surface area contributed by atoms with E-state index >= 15 is 0 Å². The fourth-order valence-corrected chi connectivity index (χ4v) is 4.17. The number of nitrogens with two attached hydrogens (primary N) is 1. The summed E-state index contributed by atoms with van der Waals surface area (Å²) in [6.07, 6.45) is 5.00. The van der Waals surface area contributed by atoms with E-state index in [1.165, 1.54) is 57.6 Å². The molecule has 2 saturated heterocycles. The molecule has 122 valence electrons. The normalized spacial score (nSPS) is 21.7. The zero-order chi connectivity index (χ0) is 15.6. The molecule has 3 heterocycles. The number of rotatable bonds is 2. The SMILES string of the molecule is Nc1cc(C2CCN(C3CCNCC3)CC2)nc2ccccc12. The third kappa shape index (κ3) is 3.06. The fourth-order valence-electron chi connectivity index (χ4n) is 4.17. The van der Waals surface area contributed by atoms with E-state index in [0.717, 1.165) is 22.6 Å². The summed E-state index contributed by atoms with van der Waals surface area (Å²) in [5.41, 5.74) is 9.33. The highest BCUT2D eigenvalue weighted by atomic mass is 15.2. The molecule has 2 aliphatic rings. The van der Waals surface area contributed by atoms with Crippen LogP contribution in [-0.4, -0.2) is 42.1 Å². The second-order valence-corrected chi connectivity index (χ2v) is 6.94. The molecule has 4 rings (SSSR count). The van der Waals surface area contributed by atoms with Crippen molar-refractivity contribution in [3.05, 3.63) is 36.0 Å². The Morgan fingerprint density at radius 2 is 1.78 bits per heavy atom. The molecular weight excluding hydrogens is 284 g/mol. The van der Waals surface area contributed by atoms with Gasteiger partial charge in [0.2, 0.25) is 0 Å². The molecule has 3 N–H and O–H groups in total. The summed E-state index contributed by atoms with van der Waals surface area (Å²) in [7, 11) is 0. The van der Waals surface area contributed by atoms with Gasteiger partial charge >= 0.3 is 0 Å². The zero-order valence-corrected chi connectivity index (χ0v) is 13.7. The number of likely N-dealkylation sites (tertiary alicyclic amines) is 1. The van der Waals surface area contributed by atoms with Gasteiger partial charge in [-0.3, -0.25) is 4.98 Å². The van der Waals surface area contributed by atoms with E-state index in [2.05, 4.69) is 28.4 Å². The molecule has 4 heteroatoms. The average molecular weight is 310 g/mol. The van der Waals surface area contributed by atoms with Crippen LogP contribution >= 0.6 is 0 Å². The van der Waals surface area contributed by atoms with Crippen molar-refractivity contribution in [3.63, 3.8) is 0 Å². The average Bonchev–Trinajstić information content (AvgIpc) is 2.63. The summed E-state index contributed by atoms with van der Waals surface area (Å²) in [6, 6.07) is 11.1. The number of nitrogens with one attached hydrogen (secondary N) is 1. The lowest BCUT2D eigenvalue weighted by Gasteiger charge is -2.39. The van der Waals surface area contributed by atoms with Crippen molar-refractivity contribution in [2.75, 3.05) is 31.9 Å². The first-order valence-corrected chi connectivity index (χ1v) is 8.91. The van der Waals surface area contributed by atoms with Gasteiger partial charge in [-0.15, -0.1) is 0 Å². The molecule has 4 nitrogen and oxygen atoms in total. The van der Waals surface area contributed by atoms with E-state index in [1.54, 1.807) is 0 Å². The highest BCUT2D eigenvalue weighted by Crippen LogP contribution is 2.32. The van der Waals surface area contributed by atoms with E-state index in [0.29, 0.717) is 5.92 Å². The fraction of sp³-hybridized carbons (Fsp3) is 0.526. The van der Waals surface area contributed by atoms with Crippen molar-refractivity contribution in [1.82, 2.24) is 15.2 Å². The maximum Gasteiger partial charge on any atom is 0.0726 e.